The molecule has 2 aliphatic heterocycles. The normalized spacial score (nSPS) is 30.4. The van der Waals surface area contributed by atoms with Gasteiger partial charge in [0.25, 0.3) is 0 Å². The number of likely N-dealkylation sites (tertiary alicyclic amines) is 2. The van der Waals surface area contributed by atoms with Gasteiger partial charge in [-0.1, -0.05) is 12.1 Å². The van der Waals surface area contributed by atoms with Crippen LogP contribution in [0.2, 0.25) is 0 Å². The van der Waals surface area contributed by atoms with Gasteiger partial charge in [0.2, 0.25) is 0 Å². The van der Waals surface area contributed by atoms with Crippen LogP contribution in [0.5, 0.6) is 5.75 Å². The first-order valence-electron chi connectivity index (χ1n) is 9.78. The van der Waals surface area contributed by atoms with E-state index < -0.39 is 0 Å². The average molecular weight is 344 g/mol. The van der Waals surface area contributed by atoms with Crippen LogP contribution in [0.3, 0.4) is 0 Å². The predicted molar refractivity (Wildman–Crippen MR) is 99.9 cm³/mol. The van der Waals surface area contributed by atoms with Crippen LogP contribution < -0.4 is 4.74 Å². The van der Waals surface area contributed by atoms with Gasteiger partial charge in [0.1, 0.15) is 5.75 Å². The Morgan fingerprint density at radius 3 is 2.64 bits per heavy atom. The summed E-state index contributed by atoms with van der Waals surface area (Å²) in [4.78, 5) is 5.15. The second kappa shape index (κ2) is 7.26. The van der Waals surface area contributed by atoms with Gasteiger partial charge < -0.3 is 14.4 Å². The Kier molecular flexibility index (Phi) is 5.03. The van der Waals surface area contributed by atoms with Crippen LogP contribution in [0, 0.1) is 17.3 Å². The molecule has 1 saturated carbocycles. The van der Waals surface area contributed by atoms with E-state index in [9.17, 15) is 0 Å². The minimum atomic E-state index is 0.435. The molecule has 0 unspecified atom stereocenters. The van der Waals surface area contributed by atoms with Gasteiger partial charge in [-0.15, -0.1) is 0 Å². The Morgan fingerprint density at radius 1 is 1.12 bits per heavy atom. The maximum absolute atomic E-state index is 6.10. The largest absolute Gasteiger partial charge is 0.497 e. The van der Waals surface area contributed by atoms with E-state index in [4.69, 9.17) is 9.47 Å². The summed E-state index contributed by atoms with van der Waals surface area (Å²) in [5.74, 6) is 2.49. The maximum Gasteiger partial charge on any atom is 0.118 e. The summed E-state index contributed by atoms with van der Waals surface area (Å²) in [5, 5.41) is 0. The Hall–Kier alpha value is -1.10. The summed E-state index contributed by atoms with van der Waals surface area (Å²) in [6.45, 7) is 7.83. The lowest BCUT2D eigenvalue weighted by Crippen LogP contribution is -2.36. The van der Waals surface area contributed by atoms with Crippen molar-refractivity contribution in [3.63, 3.8) is 0 Å². The van der Waals surface area contributed by atoms with E-state index in [1.54, 1.807) is 7.11 Å². The van der Waals surface area contributed by atoms with Crippen LogP contribution in [0.1, 0.15) is 24.8 Å². The van der Waals surface area contributed by atoms with Gasteiger partial charge in [-0.05, 0) is 56.5 Å². The van der Waals surface area contributed by atoms with Crippen molar-refractivity contribution in [1.29, 1.82) is 0 Å². The molecule has 4 heteroatoms. The van der Waals surface area contributed by atoms with Gasteiger partial charge in [-0.25, -0.2) is 0 Å². The lowest BCUT2D eigenvalue weighted by Gasteiger charge is -2.30. The van der Waals surface area contributed by atoms with Crippen molar-refractivity contribution in [3.8, 4) is 5.75 Å². The molecule has 138 valence electrons. The summed E-state index contributed by atoms with van der Waals surface area (Å²) >= 11 is 0. The smallest absolute Gasteiger partial charge is 0.118 e. The Bertz CT molecular complexity index is 572. The van der Waals surface area contributed by atoms with Gasteiger partial charge >= 0.3 is 0 Å². The van der Waals surface area contributed by atoms with Gasteiger partial charge in [0.15, 0.2) is 0 Å². The number of nitrogens with zero attached hydrogens (tertiary/aromatic N) is 2. The summed E-state index contributed by atoms with van der Waals surface area (Å²) in [7, 11) is 4.00. The molecule has 2 atom stereocenters. The van der Waals surface area contributed by atoms with Crippen molar-refractivity contribution in [2.45, 2.75) is 25.8 Å². The highest BCUT2D eigenvalue weighted by Crippen LogP contribution is 2.44. The molecule has 0 amide bonds. The van der Waals surface area contributed by atoms with Gasteiger partial charge in [-0.3, -0.25) is 4.90 Å². The highest BCUT2D eigenvalue weighted by molar-refractivity contribution is 5.27. The fourth-order valence-corrected chi connectivity index (χ4v) is 4.76. The number of ether oxygens (including phenoxy) is 2. The summed E-state index contributed by atoms with van der Waals surface area (Å²) in [5.41, 5.74) is 1.82. The number of rotatable bonds is 7. The fraction of sp³-hybridized carbons (Fsp3) is 0.714. The molecule has 1 aliphatic carbocycles. The molecule has 0 N–H and O–H groups in total. The fourth-order valence-electron chi connectivity index (χ4n) is 4.76. The van der Waals surface area contributed by atoms with E-state index in [0.29, 0.717) is 11.3 Å². The van der Waals surface area contributed by atoms with Gasteiger partial charge in [0, 0.05) is 44.1 Å². The lowest BCUT2D eigenvalue weighted by atomic mass is 9.77. The zero-order valence-electron chi connectivity index (χ0n) is 15.7. The molecular weight excluding hydrogens is 312 g/mol. The Balaban J connectivity index is 1.34. The van der Waals surface area contributed by atoms with E-state index in [1.165, 1.54) is 51.0 Å². The highest BCUT2D eigenvalue weighted by Gasteiger charge is 2.49. The minimum absolute atomic E-state index is 0.435. The van der Waals surface area contributed by atoms with Crippen LogP contribution in [0.4, 0.5) is 0 Å². The van der Waals surface area contributed by atoms with Gasteiger partial charge in [0.05, 0.1) is 13.7 Å². The molecule has 4 rings (SSSR count). The Labute approximate surface area is 152 Å². The van der Waals surface area contributed by atoms with Crippen LogP contribution in [0.15, 0.2) is 24.3 Å². The summed E-state index contributed by atoms with van der Waals surface area (Å²) in [6, 6.07) is 8.53. The summed E-state index contributed by atoms with van der Waals surface area (Å²) < 4.78 is 11.4. The number of hydrogen-bond acceptors (Lipinski definition) is 4. The second-order valence-corrected chi connectivity index (χ2v) is 8.55. The lowest BCUT2D eigenvalue weighted by molar-refractivity contribution is 0.0556. The molecule has 1 spiro atoms. The molecule has 1 aromatic carbocycles. The molecule has 2 saturated heterocycles. The topological polar surface area (TPSA) is 24.9 Å². The molecule has 0 aromatic heterocycles. The molecule has 0 radical (unpaired) electrons. The molecule has 3 aliphatic rings. The molecule has 4 nitrogen and oxygen atoms in total. The molecule has 0 bridgehead atoms. The second-order valence-electron chi connectivity index (χ2n) is 8.55. The zero-order valence-corrected chi connectivity index (χ0v) is 15.7. The third kappa shape index (κ3) is 4.02. The van der Waals surface area contributed by atoms with Crippen LogP contribution in [0.25, 0.3) is 0 Å². The standard InChI is InChI=1S/C21H32N2O2/c1-22-12-19(14-25-13-18-3-4-18)21(15-22)9-10-23(16-21)11-17-5-7-20(24-2)8-6-17/h5-8,18-19H,3-4,9-16H2,1-2H3/t19-,21+/m0/s1. The highest BCUT2D eigenvalue weighted by atomic mass is 16.5. The van der Waals surface area contributed by atoms with E-state index in [-0.39, 0.29) is 0 Å². The molecule has 1 aromatic rings. The predicted octanol–water partition coefficient (Wildman–Crippen LogP) is 2.88. The van der Waals surface area contributed by atoms with E-state index in [2.05, 4.69) is 41.1 Å². The number of hydrogen-bond donors (Lipinski definition) is 0. The first kappa shape index (κ1) is 17.3. The zero-order chi connectivity index (χ0) is 17.3. The monoisotopic (exact) mass is 344 g/mol. The first-order valence-corrected chi connectivity index (χ1v) is 9.78. The average Bonchev–Trinajstić information content (AvgIpc) is 3.27. The number of benzene rings is 1. The third-order valence-corrected chi connectivity index (χ3v) is 6.38. The van der Waals surface area contributed by atoms with Crippen molar-refractivity contribution in [3.05, 3.63) is 29.8 Å². The van der Waals surface area contributed by atoms with Crippen molar-refractivity contribution < 1.29 is 9.47 Å². The van der Waals surface area contributed by atoms with Gasteiger partial charge in [-0.2, -0.15) is 0 Å². The Morgan fingerprint density at radius 2 is 1.92 bits per heavy atom. The third-order valence-electron chi connectivity index (χ3n) is 6.38. The van der Waals surface area contributed by atoms with Crippen molar-refractivity contribution in [1.82, 2.24) is 9.80 Å². The minimum Gasteiger partial charge on any atom is -0.497 e. The van der Waals surface area contributed by atoms with Crippen LogP contribution in [-0.4, -0.2) is 63.4 Å². The molecule has 25 heavy (non-hydrogen) atoms. The quantitative estimate of drug-likeness (QED) is 0.759. The SMILES string of the molecule is COc1ccc(CN2CC[C@@]3(CN(C)C[C@H]3COCC3CC3)C2)cc1. The van der Waals surface area contributed by atoms with Crippen LogP contribution >= 0.6 is 0 Å². The number of methoxy groups -OCH3 is 1. The molecule has 2 heterocycles. The maximum atomic E-state index is 6.10. The molecular formula is C21H32N2O2. The molecule has 3 fully saturated rings. The van der Waals surface area contributed by atoms with Crippen molar-refractivity contribution in [2.24, 2.45) is 17.3 Å². The van der Waals surface area contributed by atoms with E-state index in [1.807, 2.05) is 0 Å². The van der Waals surface area contributed by atoms with E-state index in [0.717, 1.165) is 31.4 Å². The van der Waals surface area contributed by atoms with Crippen LogP contribution in [-0.2, 0) is 11.3 Å². The van der Waals surface area contributed by atoms with Crippen molar-refractivity contribution in [2.75, 3.05) is 53.6 Å². The summed E-state index contributed by atoms with van der Waals surface area (Å²) in [6.07, 6.45) is 4.07. The van der Waals surface area contributed by atoms with Crippen molar-refractivity contribution >= 4 is 0 Å². The first-order chi connectivity index (χ1) is 12.2. The van der Waals surface area contributed by atoms with E-state index >= 15 is 0 Å².